The molecule has 1 aromatic rings. The fraction of sp³-hybridized carbons (Fsp3) is 0.222. The summed E-state index contributed by atoms with van der Waals surface area (Å²) < 4.78 is 5.30. The number of carboxylic acid groups (broad SMARTS) is 1. The molecule has 0 radical (unpaired) electrons. The lowest BCUT2D eigenvalue weighted by atomic mass is 10.1. The van der Waals surface area contributed by atoms with E-state index >= 15 is 0 Å². The quantitative estimate of drug-likeness (QED) is 0.748. The van der Waals surface area contributed by atoms with E-state index in [0.717, 1.165) is 0 Å². The van der Waals surface area contributed by atoms with Crippen molar-refractivity contribution in [1.82, 2.24) is 0 Å². The van der Waals surface area contributed by atoms with E-state index in [1.54, 1.807) is 0 Å². The summed E-state index contributed by atoms with van der Waals surface area (Å²) in [7, 11) is 0. The lowest BCUT2D eigenvalue weighted by molar-refractivity contribution is 0.0697. The molecule has 0 saturated carbocycles. The van der Waals surface area contributed by atoms with E-state index in [9.17, 15) is 4.79 Å². The molecule has 0 aromatic heterocycles. The number of carbonyl (C=O) groups is 1. The fourth-order valence-electron chi connectivity index (χ4n) is 1.33. The van der Waals surface area contributed by atoms with E-state index in [1.165, 1.54) is 12.1 Å². The van der Waals surface area contributed by atoms with Gasteiger partial charge in [-0.3, -0.25) is 0 Å². The van der Waals surface area contributed by atoms with Gasteiger partial charge < -0.3 is 15.2 Å². The lowest BCUT2D eigenvalue weighted by Crippen LogP contribution is -2.18. The molecule has 1 aromatic carbocycles. The minimum atomic E-state index is -0.998. The number of hydrogen-bond donors (Lipinski definition) is 2. The maximum Gasteiger partial charge on any atom is 0.335 e. The average Bonchev–Trinajstić information content (AvgIpc) is 2.17. The Balaban J connectivity index is 2.51. The number of rotatable bonds is 1. The van der Waals surface area contributed by atoms with Crippen LogP contribution in [-0.2, 0) is 0 Å². The van der Waals surface area contributed by atoms with Crippen molar-refractivity contribution in [2.75, 3.05) is 18.5 Å². The molecule has 0 saturated heterocycles. The van der Waals surface area contributed by atoms with Crippen LogP contribution in [0.3, 0.4) is 0 Å². The zero-order chi connectivity index (χ0) is 10.1. The highest BCUT2D eigenvalue weighted by Gasteiger charge is 2.16. The maximum absolute atomic E-state index is 10.7. The van der Waals surface area contributed by atoms with Gasteiger partial charge >= 0.3 is 5.97 Å². The number of halogens is 1. The first-order chi connectivity index (χ1) is 6.68. The summed E-state index contributed by atoms with van der Waals surface area (Å²) in [6.45, 7) is 1.20. The Morgan fingerprint density at radius 1 is 1.57 bits per heavy atom. The van der Waals surface area contributed by atoms with E-state index in [0.29, 0.717) is 29.6 Å². The van der Waals surface area contributed by atoms with Crippen molar-refractivity contribution in [1.29, 1.82) is 0 Å². The minimum Gasteiger partial charge on any atom is -0.488 e. The second-order valence-corrected chi connectivity index (χ2v) is 3.32. The van der Waals surface area contributed by atoms with Gasteiger partial charge in [0.25, 0.3) is 0 Å². The number of ether oxygens (including phenoxy) is 1. The topological polar surface area (TPSA) is 58.6 Å². The van der Waals surface area contributed by atoms with Gasteiger partial charge in [-0.1, -0.05) is 11.6 Å². The Kier molecular flexibility index (Phi) is 2.21. The van der Waals surface area contributed by atoms with Crippen molar-refractivity contribution >= 4 is 23.3 Å². The Bertz CT molecular complexity index is 392. The van der Waals surface area contributed by atoms with E-state index in [4.69, 9.17) is 21.4 Å². The molecule has 0 amide bonds. The molecule has 2 N–H and O–H groups in total. The maximum atomic E-state index is 10.7. The molecule has 0 bridgehead atoms. The van der Waals surface area contributed by atoms with Gasteiger partial charge in [-0.05, 0) is 12.1 Å². The minimum absolute atomic E-state index is 0.159. The van der Waals surface area contributed by atoms with Gasteiger partial charge in [0.1, 0.15) is 6.61 Å². The van der Waals surface area contributed by atoms with Crippen LogP contribution < -0.4 is 10.1 Å². The van der Waals surface area contributed by atoms with Crippen LogP contribution >= 0.6 is 11.6 Å². The van der Waals surface area contributed by atoms with Crippen LogP contribution in [0.5, 0.6) is 5.75 Å². The summed E-state index contributed by atoms with van der Waals surface area (Å²) in [6.07, 6.45) is 0. The van der Waals surface area contributed by atoms with Crippen LogP contribution in [0, 0.1) is 0 Å². The first-order valence-electron chi connectivity index (χ1n) is 4.12. The normalized spacial score (nSPS) is 13.8. The number of anilines is 1. The van der Waals surface area contributed by atoms with Gasteiger partial charge in [0, 0.05) is 6.54 Å². The highest BCUT2D eigenvalue weighted by molar-refractivity contribution is 6.33. The number of carboxylic acids is 1. The second-order valence-electron chi connectivity index (χ2n) is 2.92. The van der Waals surface area contributed by atoms with Crippen molar-refractivity contribution in [2.24, 2.45) is 0 Å². The van der Waals surface area contributed by atoms with Gasteiger partial charge in [0.2, 0.25) is 0 Å². The molecule has 0 atom stereocenters. The van der Waals surface area contributed by atoms with E-state index in [-0.39, 0.29) is 5.56 Å². The number of hydrogen-bond acceptors (Lipinski definition) is 3. The highest BCUT2D eigenvalue weighted by Crippen LogP contribution is 2.36. The lowest BCUT2D eigenvalue weighted by Gasteiger charge is -2.20. The van der Waals surface area contributed by atoms with Crippen molar-refractivity contribution < 1.29 is 14.6 Å². The monoisotopic (exact) mass is 213 g/mol. The smallest absolute Gasteiger partial charge is 0.335 e. The standard InChI is InChI=1S/C9H8ClNO3/c10-6-3-5(9(12)13)4-7-8(6)14-2-1-11-7/h3-4,11H,1-2H2,(H,12,13). The highest BCUT2D eigenvalue weighted by atomic mass is 35.5. The van der Waals surface area contributed by atoms with Gasteiger partial charge in [0.05, 0.1) is 16.3 Å². The molecule has 14 heavy (non-hydrogen) atoms. The third-order valence-corrected chi connectivity index (χ3v) is 2.24. The Morgan fingerprint density at radius 2 is 2.36 bits per heavy atom. The van der Waals surface area contributed by atoms with Crippen LogP contribution in [0.25, 0.3) is 0 Å². The number of benzene rings is 1. The number of nitrogens with one attached hydrogen (secondary N) is 1. The van der Waals surface area contributed by atoms with Crippen molar-refractivity contribution in [2.45, 2.75) is 0 Å². The molecule has 1 aliphatic rings. The van der Waals surface area contributed by atoms with Crippen LogP contribution in [0.15, 0.2) is 12.1 Å². The third-order valence-electron chi connectivity index (χ3n) is 1.95. The molecule has 0 unspecified atom stereocenters. The third kappa shape index (κ3) is 1.48. The van der Waals surface area contributed by atoms with Gasteiger partial charge in [0.15, 0.2) is 5.75 Å². The molecule has 0 fully saturated rings. The molecular formula is C9H8ClNO3. The predicted octanol–water partition coefficient (Wildman–Crippen LogP) is 1.84. The first kappa shape index (κ1) is 9.15. The second kappa shape index (κ2) is 3.38. The van der Waals surface area contributed by atoms with Crippen molar-refractivity contribution in [3.63, 3.8) is 0 Å². The molecule has 1 heterocycles. The fourth-order valence-corrected chi connectivity index (χ4v) is 1.61. The molecule has 74 valence electrons. The summed E-state index contributed by atoms with van der Waals surface area (Å²) in [5.41, 5.74) is 0.799. The van der Waals surface area contributed by atoms with Crippen molar-refractivity contribution in [3.8, 4) is 5.75 Å². The molecule has 0 spiro atoms. The zero-order valence-corrected chi connectivity index (χ0v) is 7.97. The largest absolute Gasteiger partial charge is 0.488 e. The molecule has 4 nitrogen and oxygen atoms in total. The Morgan fingerprint density at radius 3 is 3.07 bits per heavy atom. The summed E-state index contributed by atoms with van der Waals surface area (Å²) in [6, 6.07) is 2.90. The Labute approximate surface area is 85.4 Å². The van der Waals surface area contributed by atoms with E-state index in [2.05, 4.69) is 5.32 Å². The summed E-state index contributed by atoms with van der Waals surface area (Å²) in [5.74, 6) is -0.468. The average molecular weight is 214 g/mol. The number of aromatic carboxylic acids is 1. The molecule has 0 aliphatic carbocycles. The SMILES string of the molecule is O=C(O)c1cc(Cl)c2c(c1)NCCO2. The van der Waals surface area contributed by atoms with Crippen molar-refractivity contribution in [3.05, 3.63) is 22.7 Å². The molecule has 1 aliphatic heterocycles. The van der Waals surface area contributed by atoms with Crippen LogP contribution in [-0.4, -0.2) is 24.2 Å². The number of fused-ring (bicyclic) bond motifs is 1. The Hall–Kier alpha value is -1.42. The summed E-state index contributed by atoms with van der Waals surface area (Å²) >= 11 is 5.86. The van der Waals surface area contributed by atoms with Gasteiger partial charge in [-0.15, -0.1) is 0 Å². The first-order valence-corrected chi connectivity index (χ1v) is 4.50. The van der Waals surface area contributed by atoms with Crippen LogP contribution in [0.2, 0.25) is 5.02 Å². The van der Waals surface area contributed by atoms with Gasteiger partial charge in [-0.2, -0.15) is 0 Å². The summed E-state index contributed by atoms with van der Waals surface area (Å²) in [5, 5.41) is 12.1. The summed E-state index contributed by atoms with van der Waals surface area (Å²) in [4.78, 5) is 10.7. The molecule has 5 heteroatoms. The van der Waals surface area contributed by atoms with Crippen LogP contribution in [0.4, 0.5) is 5.69 Å². The van der Waals surface area contributed by atoms with E-state index in [1.807, 2.05) is 0 Å². The molecular weight excluding hydrogens is 206 g/mol. The zero-order valence-electron chi connectivity index (χ0n) is 7.21. The van der Waals surface area contributed by atoms with E-state index < -0.39 is 5.97 Å². The predicted molar refractivity (Wildman–Crippen MR) is 52.4 cm³/mol. The van der Waals surface area contributed by atoms with Gasteiger partial charge in [-0.25, -0.2) is 4.79 Å². The molecule has 2 rings (SSSR count). The van der Waals surface area contributed by atoms with Crippen LogP contribution in [0.1, 0.15) is 10.4 Å².